The Hall–Kier alpha value is -0.790. The van der Waals surface area contributed by atoms with E-state index in [1.165, 1.54) is 70.6 Å². The van der Waals surface area contributed by atoms with E-state index in [1.807, 2.05) is 0 Å². The lowest BCUT2D eigenvalue weighted by atomic mass is 9.96. The molecule has 2 heteroatoms. The summed E-state index contributed by atoms with van der Waals surface area (Å²) < 4.78 is 0. The minimum Gasteiger partial charge on any atom is -0.481 e. The van der Waals surface area contributed by atoms with Gasteiger partial charge in [-0.05, 0) is 38.5 Å². The number of rotatable bonds is 17. The van der Waals surface area contributed by atoms with Crippen molar-refractivity contribution < 1.29 is 9.90 Å². The van der Waals surface area contributed by atoms with Gasteiger partial charge in [0.25, 0.3) is 0 Å². The highest BCUT2D eigenvalue weighted by Crippen LogP contribution is 2.17. The van der Waals surface area contributed by atoms with Crippen molar-refractivity contribution in [3.63, 3.8) is 0 Å². The second kappa shape index (κ2) is 17.6. The van der Waals surface area contributed by atoms with Crippen LogP contribution in [-0.2, 0) is 4.79 Å². The van der Waals surface area contributed by atoms with Gasteiger partial charge in [-0.25, -0.2) is 0 Å². The zero-order chi connectivity index (χ0) is 17.2. The van der Waals surface area contributed by atoms with Gasteiger partial charge in [-0.1, -0.05) is 83.8 Å². The highest BCUT2D eigenvalue weighted by atomic mass is 16.4. The van der Waals surface area contributed by atoms with E-state index in [-0.39, 0.29) is 5.92 Å². The molecule has 0 spiro atoms. The molecule has 0 fully saturated rings. The molecule has 0 rings (SSSR count). The Morgan fingerprint density at radius 2 is 1.26 bits per heavy atom. The summed E-state index contributed by atoms with van der Waals surface area (Å²) >= 11 is 0. The predicted molar refractivity (Wildman–Crippen MR) is 101 cm³/mol. The topological polar surface area (TPSA) is 37.3 Å². The van der Waals surface area contributed by atoms with Gasteiger partial charge in [0.15, 0.2) is 0 Å². The second-order valence-electron chi connectivity index (χ2n) is 6.84. The van der Waals surface area contributed by atoms with Crippen molar-refractivity contribution in [2.75, 3.05) is 0 Å². The molecule has 0 saturated heterocycles. The summed E-state index contributed by atoms with van der Waals surface area (Å²) in [6.45, 7) is 4.33. The number of carbonyl (C=O) groups is 1. The summed E-state index contributed by atoms with van der Waals surface area (Å²) in [5, 5.41) is 9.10. The molecule has 0 aliphatic heterocycles. The fourth-order valence-electron chi connectivity index (χ4n) is 3.02. The maximum atomic E-state index is 11.0. The molecule has 0 aromatic heterocycles. The molecule has 1 N–H and O–H groups in total. The molecular weight excluding hydrogens is 284 g/mol. The zero-order valence-electron chi connectivity index (χ0n) is 15.7. The highest BCUT2D eigenvalue weighted by Gasteiger charge is 2.14. The van der Waals surface area contributed by atoms with E-state index < -0.39 is 5.97 Å². The van der Waals surface area contributed by atoms with Crippen molar-refractivity contribution in [2.45, 2.75) is 110 Å². The third-order valence-corrected chi connectivity index (χ3v) is 4.55. The van der Waals surface area contributed by atoms with Crippen LogP contribution in [0.5, 0.6) is 0 Å². The van der Waals surface area contributed by atoms with Crippen LogP contribution in [-0.4, -0.2) is 11.1 Å². The molecule has 0 heterocycles. The van der Waals surface area contributed by atoms with Crippen LogP contribution >= 0.6 is 0 Å². The summed E-state index contributed by atoms with van der Waals surface area (Å²) in [6, 6.07) is 0. The predicted octanol–water partition coefficient (Wildman–Crippen LogP) is 7.13. The summed E-state index contributed by atoms with van der Waals surface area (Å²) in [4.78, 5) is 11.0. The van der Waals surface area contributed by atoms with E-state index in [4.69, 9.17) is 5.11 Å². The van der Waals surface area contributed by atoms with Crippen molar-refractivity contribution >= 4 is 5.97 Å². The van der Waals surface area contributed by atoms with E-state index in [1.54, 1.807) is 0 Å². The van der Waals surface area contributed by atoms with Gasteiger partial charge in [0, 0.05) is 0 Å². The van der Waals surface area contributed by atoms with Crippen LogP contribution in [0.1, 0.15) is 110 Å². The minimum atomic E-state index is -0.607. The van der Waals surface area contributed by atoms with Gasteiger partial charge in [0.1, 0.15) is 0 Å². The highest BCUT2D eigenvalue weighted by molar-refractivity contribution is 5.69. The average Bonchev–Trinajstić information content (AvgIpc) is 2.54. The molecule has 0 amide bonds. The normalized spacial score (nSPS) is 12.8. The van der Waals surface area contributed by atoms with Gasteiger partial charge < -0.3 is 5.11 Å². The average molecular weight is 325 g/mol. The molecule has 23 heavy (non-hydrogen) atoms. The SMILES string of the molecule is CCCCCCCC/C=C/CCCCCCC(CCC)C(=O)O. The molecule has 0 aliphatic carbocycles. The maximum Gasteiger partial charge on any atom is 0.306 e. The number of allylic oxidation sites excluding steroid dienone is 2. The number of carboxylic acid groups (broad SMARTS) is 1. The maximum absolute atomic E-state index is 11.0. The van der Waals surface area contributed by atoms with Crippen molar-refractivity contribution in [1.29, 1.82) is 0 Å². The number of hydrogen-bond donors (Lipinski definition) is 1. The first-order valence-corrected chi connectivity index (χ1v) is 10.1. The van der Waals surface area contributed by atoms with Gasteiger partial charge in [-0.2, -0.15) is 0 Å². The molecule has 1 atom stereocenters. The molecule has 0 saturated carbocycles. The van der Waals surface area contributed by atoms with E-state index in [2.05, 4.69) is 26.0 Å². The van der Waals surface area contributed by atoms with Crippen molar-refractivity contribution in [3.05, 3.63) is 12.2 Å². The molecule has 1 unspecified atom stereocenters. The van der Waals surface area contributed by atoms with Gasteiger partial charge in [-0.15, -0.1) is 0 Å². The number of aliphatic carboxylic acids is 1. The second-order valence-corrected chi connectivity index (χ2v) is 6.84. The van der Waals surface area contributed by atoms with Crippen LogP contribution in [0.2, 0.25) is 0 Å². The molecule has 0 bridgehead atoms. The van der Waals surface area contributed by atoms with Gasteiger partial charge in [-0.3, -0.25) is 4.79 Å². The Balaban J connectivity index is 3.32. The van der Waals surface area contributed by atoms with Crippen LogP contribution in [0.3, 0.4) is 0 Å². The van der Waals surface area contributed by atoms with E-state index in [9.17, 15) is 4.79 Å². The zero-order valence-corrected chi connectivity index (χ0v) is 15.7. The Labute approximate surface area is 144 Å². The van der Waals surface area contributed by atoms with E-state index in [0.717, 1.165) is 25.7 Å². The fraction of sp³-hybridized carbons (Fsp3) is 0.857. The quantitative estimate of drug-likeness (QED) is 0.228. The molecule has 0 aromatic rings. The first-order valence-electron chi connectivity index (χ1n) is 10.1. The first-order chi connectivity index (χ1) is 11.2. The van der Waals surface area contributed by atoms with Crippen LogP contribution in [0, 0.1) is 5.92 Å². The number of hydrogen-bond acceptors (Lipinski definition) is 1. The van der Waals surface area contributed by atoms with Crippen LogP contribution in [0.25, 0.3) is 0 Å². The Morgan fingerprint density at radius 3 is 1.78 bits per heavy atom. The lowest BCUT2D eigenvalue weighted by Crippen LogP contribution is -2.13. The third kappa shape index (κ3) is 15.9. The first kappa shape index (κ1) is 22.2. The molecule has 0 aliphatic rings. The van der Waals surface area contributed by atoms with E-state index >= 15 is 0 Å². The Bertz CT molecular complexity index is 284. The van der Waals surface area contributed by atoms with Gasteiger partial charge in [0.05, 0.1) is 5.92 Å². The number of unbranched alkanes of at least 4 members (excludes halogenated alkanes) is 10. The largest absolute Gasteiger partial charge is 0.481 e. The van der Waals surface area contributed by atoms with Gasteiger partial charge in [0.2, 0.25) is 0 Å². The monoisotopic (exact) mass is 324 g/mol. The van der Waals surface area contributed by atoms with Crippen LogP contribution < -0.4 is 0 Å². The lowest BCUT2D eigenvalue weighted by molar-refractivity contribution is -0.142. The van der Waals surface area contributed by atoms with Crippen molar-refractivity contribution in [2.24, 2.45) is 5.92 Å². The summed E-state index contributed by atoms with van der Waals surface area (Å²) in [6.07, 6.45) is 22.8. The van der Waals surface area contributed by atoms with Crippen LogP contribution in [0.15, 0.2) is 12.2 Å². The summed E-state index contributed by atoms with van der Waals surface area (Å²) in [7, 11) is 0. The molecule has 136 valence electrons. The van der Waals surface area contributed by atoms with Crippen molar-refractivity contribution in [3.8, 4) is 0 Å². The smallest absolute Gasteiger partial charge is 0.306 e. The molecule has 0 radical (unpaired) electrons. The Kier molecular flexibility index (Phi) is 17.0. The lowest BCUT2D eigenvalue weighted by Gasteiger charge is -2.10. The third-order valence-electron chi connectivity index (χ3n) is 4.55. The minimum absolute atomic E-state index is 0.114. The molecule has 0 aromatic carbocycles. The molecular formula is C21H40O2. The Morgan fingerprint density at radius 1 is 0.739 bits per heavy atom. The summed E-state index contributed by atoms with van der Waals surface area (Å²) in [5.74, 6) is -0.721. The van der Waals surface area contributed by atoms with Gasteiger partial charge >= 0.3 is 5.97 Å². The number of carboxylic acids is 1. The van der Waals surface area contributed by atoms with Crippen molar-refractivity contribution in [1.82, 2.24) is 0 Å². The van der Waals surface area contributed by atoms with Crippen LogP contribution in [0.4, 0.5) is 0 Å². The fourth-order valence-corrected chi connectivity index (χ4v) is 3.02. The van der Waals surface area contributed by atoms with E-state index in [0.29, 0.717) is 0 Å². The standard InChI is InChI=1S/C21H40O2/c1-3-5-6-7-8-9-10-11-12-13-14-15-16-17-19-20(18-4-2)21(22)23/h11-12,20H,3-10,13-19H2,1-2H3,(H,22,23)/b12-11+. The molecule has 2 nitrogen and oxygen atoms in total. The summed E-state index contributed by atoms with van der Waals surface area (Å²) in [5.41, 5.74) is 0.